The fourth-order valence-electron chi connectivity index (χ4n) is 1.63. The number of anilines is 1. The lowest BCUT2D eigenvalue weighted by atomic mass is 10.4. The third-order valence-corrected chi connectivity index (χ3v) is 3.92. The van der Waals surface area contributed by atoms with Crippen molar-refractivity contribution < 1.29 is 8.60 Å². The van der Waals surface area contributed by atoms with E-state index in [0.717, 1.165) is 0 Å². The van der Waals surface area contributed by atoms with Crippen molar-refractivity contribution in [2.75, 3.05) is 11.5 Å². The Hall–Kier alpha value is -1.95. The molecule has 0 aliphatic heterocycles. The second kappa shape index (κ2) is 5.79. The van der Waals surface area contributed by atoms with E-state index in [1.807, 2.05) is 0 Å². The van der Waals surface area contributed by atoms with Crippen LogP contribution in [-0.4, -0.2) is 14.5 Å². The number of benzene rings is 1. The molecule has 0 aliphatic rings. The van der Waals surface area contributed by atoms with Crippen LogP contribution in [0.15, 0.2) is 52.3 Å². The van der Waals surface area contributed by atoms with Crippen molar-refractivity contribution in [1.82, 2.24) is 4.57 Å². The molecule has 1 heterocycles. The molecule has 1 aromatic carbocycles. The summed E-state index contributed by atoms with van der Waals surface area (Å²) in [4.78, 5) is 11.9. The molecule has 1 atom stereocenters. The topological polar surface area (TPSA) is 65.1 Å². The maximum absolute atomic E-state index is 13.0. The van der Waals surface area contributed by atoms with E-state index in [4.69, 9.17) is 5.73 Å². The number of pyridine rings is 1. The monoisotopic (exact) mass is 280 g/mol. The van der Waals surface area contributed by atoms with Gasteiger partial charge in [-0.05, 0) is 24.3 Å². The van der Waals surface area contributed by atoms with Crippen LogP contribution in [0.3, 0.4) is 0 Å². The highest BCUT2D eigenvalue weighted by Gasteiger charge is 2.06. The first kappa shape index (κ1) is 13.5. The van der Waals surface area contributed by atoms with Crippen LogP contribution in [0.1, 0.15) is 0 Å². The van der Waals surface area contributed by atoms with Crippen molar-refractivity contribution in [3.05, 3.63) is 58.8 Å². The van der Waals surface area contributed by atoms with E-state index < -0.39 is 16.6 Å². The van der Waals surface area contributed by atoms with Gasteiger partial charge in [0.25, 0.3) is 5.56 Å². The van der Waals surface area contributed by atoms with E-state index in [1.165, 1.54) is 41.1 Å². The Morgan fingerprint density at radius 1 is 1.26 bits per heavy atom. The zero-order valence-corrected chi connectivity index (χ0v) is 10.9. The van der Waals surface area contributed by atoms with Crippen LogP contribution in [-0.2, 0) is 17.3 Å². The normalized spacial score (nSPS) is 12.3. The summed E-state index contributed by atoms with van der Waals surface area (Å²) in [5.74, 6) is -0.195. The summed E-state index contributed by atoms with van der Waals surface area (Å²) in [5, 5.41) is 0. The molecule has 2 aromatic rings. The first-order valence-corrected chi connectivity index (χ1v) is 6.98. The van der Waals surface area contributed by atoms with Crippen molar-refractivity contribution in [1.29, 1.82) is 0 Å². The second-order valence-electron chi connectivity index (χ2n) is 4.00. The van der Waals surface area contributed by atoms with Gasteiger partial charge in [-0.2, -0.15) is 0 Å². The maximum atomic E-state index is 13.0. The van der Waals surface area contributed by atoms with Gasteiger partial charge in [0, 0.05) is 35.1 Å². The van der Waals surface area contributed by atoms with Gasteiger partial charge in [0.15, 0.2) is 0 Å². The number of halogens is 1. The van der Waals surface area contributed by atoms with Gasteiger partial charge < -0.3 is 10.3 Å². The van der Waals surface area contributed by atoms with E-state index in [2.05, 4.69) is 0 Å². The SMILES string of the molecule is Nc1ccc(=O)n(CCS(=O)c2cccc(F)c2)c1. The summed E-state index contributed by atoms with van der Waals surface area (Å²) in [6.07, 6.45) is 1.51. The summed E-state index contributed by atoms with van der Waals surface area (Å²) < 4.78 is 26.4. The van der Waals surface area contributed by atoms with Crippen LogP contribution in [0.5, 0.6) is 0 Å². The molecule has 0 saturated carbocycles. The van der Waals surface area contributed by atoms with Gasteiger partial charge in [0.05, 0.1) is 10.8 Å². The molecule has 0 amide bonds. The first-order valence-electron chi connectivity index (χ1n) is 5.66. The number of aryl methyl sites for hydroxylation is 1. The van der Waals surface area contributed by atoms with Crippen LogP contribution in [0.4, 0.5) is 10.1 Å². The van der Waals surface area contributed by atoms with E-state index in [0.29, 0.717) is 10.6 Å². The van der Waals surface area contributed by atoms with Crippen LogP contribution in [0, 0.1) is 5.82 Å². The molecular formula is C13H13FN2O2S. The van der Waals surface area contributed by atoms with Gasteiger partial charge >= 0.3 is 0 Å². The van der Waals surface area contributed by atoms with Gasteiger partial charge in [-0.15, -0.1) is 0 Å². The molecule has 4 nitrogen and oxygen atoms in total. The summed E-state index contributed by atoms with van der Waals surface area (Å²) in [6.45, 7) is 0.271. The fraction of sp³-hybridized carbons (Fsp3) is 0.154. The van der Waals surface area contributed by atoms with Gasteiger partial charge in [0.2, 0.25) is 0 Å². The first-order chi connectivity index (χ1) is 9.06. The summed E-state index contributed by atoms with van der Waals surface area (Å²) >= 11 is 0. The van der Waals surface area contributed by atoms with Crippen molar-refractivity contribution in [3.8, 4) is 0 Å². The third kappa shape index (κ3) is 3.51. The molecule has 0 fully saturated rings. The van der Waals surface area contributed by atoms with Crippen LogP contribution < -0.4 is 11.3 Å². The number of nitrogens with zero attached hydrogens (tertiary/aromatic N) is 1. The van der Waals surface area contributed by atoms with Crippen molar-refractivity contribution >= 4 is 16.5 Å². The minimum atomic E-state index is -1.35. The lowest BCUT2D eigenvalue weighted by Gasteiger charge is -2.06. The fourth-order valence-corrected chi connectivity index (χ4v) is 2.70. The molecule has 0 bridgehead atoms. The number of rotatable bonds is 4. The van der Waals surface area contributed by atoms with E-state index in [1.54, 1.807) is 6.07 Å². The summed E-state index contributed by atoms with van der Waals surface area (Å²) in [6, 6.07) is 8.51. The van der Waals surface area contributed by atoms with Crippen molar-refractivity contribution in [2.24, 2.45) is 0 Å². The quantitative estimate of drug-likeness (QED) is 0.920. The van der Waals surface area contributed by atoms with Gasteiger partial charge in [-0.1, -0.05) is 6.07 Å². The summed E-state index contributed by atoms with van der Waals surface area (Å²) in [5.41, 5.74) is 5.85. The lowest BCUT2D eigenvalue weighted by molar-refractivity contribution is 0.622. The molecule has 0 spiro atoms. The molecule has 19 heavy (non-hydrogen) atoms. The molecule has 2 rings (SSSR count). The Labute approximate surface area is 112 Å². The van der Waals surface area contributed by atoms with Crippen molar-refractivity contribution in [3.63, 3.8) is 0 Å². The zero-order valence-electron chi connectivity index (χ0n) is 10.1. The van der Waals surface area contributed by atoms with E-state index in [-0.39, 0.29) is 17.9 Å². The van der Waals surface area contributed by atoms with E-state index >= 15 is 0 Å². The number of hydrogen-bond donors (Lipinski definition) is 1. The maximum Gasteiger partial charge on any atom is 0.250 e. The Morgan fingerprint density at radius 2 is 2.05 bits per heavy atom. The second-order valence-corrected chi connectivity index (χ2v) is 5.57. The zero-order chi connectivity index (χ0) is 13.8. The molecule has 0 radical (unpaired) electrons. The number of hydrogen-bond acceptors (Lipinski definition) is 3. The molecule has 100 valence electrons. The predicted molar refractivity (Wildman–Crippen MR) is 72.8 cm³/mol. The van der Waals surface area contributed by atoms with Gasteiger partial charge in [0.1, 0.15) is 5.82 Å². The average Bonchev–Trinajstić information content (AvgIpc) is 2.39. The average molecular weight is 280 g/mol. The lowest BCUT2D eigenvalue weighted by Crippen LogP contribution is -2.21. The standard InChI is InChI=1S/C13H13FN2O2S/c14-10-2-1-3-12(8-10)19(18)7-6-16-9-11(15)4-5-13(16)17/h1-5,8-9H,6-7,15H2. The van der Waals surface area contributed by atoms with E-state index in [9.17, 15) is 13.4 Å². The molecular weight excluding hydrogens is 267 g/mol. The third-order valence-electron chi connectivity index (χ3n) is 2.58. The Morgan fingerprint density at radius 3 is 2.79 bits per heavy atom. The summed E-state index contributed by atoms with van der Waals surface area (Å²) in [7, 11) is -1.35. The molecule has 1 unspecified atom stereocenters. The Bertz CT molecular complexity index is 670. The number of aromatic nitrogens is 1. The minimum Gasteiger partial charge on any atom is -0.398 e. The number of nitrogen functional groups attached to an aromatic ring is 1. The minimum absolute atomic E-state index is 0.203. The predicted octanol–water partition coefficient (Wildman–Crippen LogP) is 1.38. The van der Waals surface area contributed by atoms with Crippen LogP contribution >= 0.6 is 0 Å². The van der Waals surface area contributed by atoms with Crippen LogP contribution in [0.25, 0.3) is 0 Å². The highest BCUT2D eigenvalue weighted by Crippen LogP contribution is 2.09. The molecule has 6 heteroatoms. The smallest absolute Gasteiger partial charge is 0.250 e. The highest BCUT2D eigenvalue weighted by atomic mass is 32.2. The Balaban J connectivity index is 2.08. The largest absolute Gasteiger partial charge is 0.398 e. The Kier molecular flexibility index (Phi) is 4.11. The molecule has 2 N–H and O–H groups in total. The van der Waals surface area contributed by atoms with Crippen LogP contribution in [0.2, 0.25) is 0 Å². The molecule has 0 saturated heterocycles. The van der Waals surface area contributed by atoms with Gasteiger partial charge in [-0.25, -0.2) is 4.39 Å². The van der Waals surface area contributed by atoms with Crippen molar-refractivity contribution in [2.45, 2.75) is 11.4 Å². The molecule has 0 aliphatic carbocycles. The highest BCUT2D eigenvalue weighted by molar-refractivity contribution is 7.85. The molecule has 1 aromatic heterocycles. The van der Waals surface area contributed by atoms with Gasteiger partial charge in [-0.3, -0.25) is 9.00 Å². The number of nitrogens with two attached hydrogens (primary N) is 1.